The van der Waals surface area contributed by atoms with Crippen molar-refractivity contribution >= 4 is 41.4 Å². The van der Waals surface area contributed by atoms with E-state index in [4.69, 9.17) is 10.5 Å². The molecular formula is C19H26IN5O. The number of aliphatic imine (C=N–C) groups is 1. The first-order valence-electron chi connectivity index (χ1n) is 8.57. The molecule has 1 aromatic heterocycles. The summed E-state index contributed by atoms with van der Waals surface area (Å²) < 4.78 is 5.14. The Hall–Kier alpha value is -2.03. The van der Waals surface area contributed by atoms with Gasteiger partial charge in [0, 0.05) is 24.5 Å². The summed E-state index contributed by atoms with van der Waals surface area (Å²) in [5.41, 5.74) is 9.01. The number of aromatic nitrogens is 1. The third kappa shape index (κ3) is 5.48. The summed E-state index contributed by atoms with van der Waals surface area (Å²) in [4.78, 5) is 11.4. The minimum Gasteiger partial charge on any atom is -0.497 e. The molecule has 0 saturated carbocycles. The van der Waals surface area contributed by atoms with Crippen molar-refractivity contribution in [1.29, 1.82) is 0 Å². The van der Waals surface area contributed by atoms with Crippen LogP contribution in [0.2, 0.25) is 0 Å². The number of benzene rings is 1. The van der Waals surface area contributed by atoms with Crippen LogP contribution < -0.4 is 20.7 Å². The molecule has 1 aliphatic heterocycles. The van der Waals surface area contributed by atoms with Gasteiger partial charge in [0.15, 0.2) is 5.96 Å². The molecule has 140 valence electrons. The summed E-state index contributed by atoms with van der Waals surface area (Å²) in [6.07, 6.45) is 2.48. The highest BCUT2D eigenvalue weighted by Crippen LogP contribution is 2.20. The summed E-state index contributed by atoms with van der Waals surface area (Å²) >= 11 is 0. The SMILES string of the molecule is COc1ccc(NC(N)=NCc2cc(C)nc(N3CCCC3)c2)cc1.I. The summed E-state index contributed by atoms with van der Waals surface area (Å²) in [5, 5.41) is 3.09. The van der Waals surface area contributed by atoms with Crippen molar-refractivity contribution in [3.05, 3.63) is 47.7 Å². The largest absolute Gasteiger partial charge is 0.497 e. The number of rotatable bonds is 5. The summed E-state index contributed by atoms with van der Waals surface area (Å²) in [7, 11) is 1.64. The molecule has 0 amide bonds. The monoisotopic (exact) mass is 467 g/mol. The molecule has 3 rings (SSSR count). The molecule has 26 heavy (non-hydrogen) atoms. The predicted molar refractivity (Wildman–Crippen MR) is 118 cm³/mol. The molecule has 0 unspecified atom stereocenters. The molecule has 0 bridgehead atoms. The van der Waals surface area contributed by atoms with E-state index >= 15 is 0 Å². The van der Waals surface area contributed by atoms with E-state index in [1.54, 1.807) is 7.11 Å². The Morgan fingerprint density at radius 3 is 2.58 bits per heavy atom. The van der Waals surface area contributed by atoms with Crippen LogP contribution in [0.4, 0.5) is 11.5 Å². The van der Waals surface area contributed by atoms with Gasteiger partial charge in [0.05, 0.1) is 13.7 Å². The molecule has 2 aromatic rings. The standard InChI is InChI=1S/C19H25N5O.HI/c1-14-11-15(12-18(22-14)24-9-3-4-10-24)13-21-19(20)23-16-5-7-17(25-2)8-6-16;/h5-8,11-12H,3-4,9-10,13H2,1-2H3,(H3,20,21,23);1H. The lowest BCUT2D eigenvalue weighted by Crippen LogP contribution is -2.22. The lowest BCUT2D eigenvalue weighted by atomic mass is 10.2. The van der Waals surface area contributed by atoms with E-state index in [1.807, 2.05) is 31.2 Å². The average Bonchev–Trinajstić information content (AvgIpc) is 3.15. The van der Waals surface area contributed by atoms with E-state index in [0.29, 0.717) is 12.5 Å². The molecule has 1 aliphatic rings. The van der Waals surface area contributed by atoms with Gasteiger partial charge in [-0.15, -0.1) is 24.0 Å². The van der Waals surface area contributed by atoms with Crippen LogP contribution in [0.15, 0.2) is 41.4 Å². The second-order valence-electron chi connectivity index (χ2n) is 6.22. The minimum atomic E-state index is 0. The fourth-order valence-corrected chi connectivity index (χ4v) is 2.96. The molecule has 0 aliphatic carbocycles. The summed E-state index contributed by atoms with van der Waals surface area (Å²) in [6, 6.07) is 11.7. The molecule has 6 nitrogen and oxygen atoms in total. The fourth-order valence-electron chi connectivity index (χ4n) is 2.96. The highest BCUT2D eigenvalue weighted by molar-refractivity contribution is 14.0. The Morgan fingerprint density at radius 1 is 1.23 bits per heavy atom. The normalized spacial score (nSPS) is 14.1. The van der Waals surface area contributed by atoms with Crippen LogP contribution in [-0.4, -0.2) is 31.1 Å². The van der Waals surface area contributed by atoms with Crippen LogP contribution >= 0.6 is 24.0 Å². The van der Waals surface area contributed by atoms with E-state index in [-0.39, 0.29) is 24.0 Å². The maximum atomic E-state index is 6.00. The van der Waals surface area contributed by atoms with Crippen molar-refractivity contribution in [2.24, 2.45) is 10.7 Å². The van der Waals surface area contributed by atoms with Crippen LogP contribution in [-0.2, 0) is 6.54 Å². The van der Waals surface area contributed by atoms with E-state index in [0.717, 1.165) is 41.6 Å². The summed E-state index contributed by atoms with van der Waals surface area (Å²) in [6.45, 7) is 4.71. The number of ether oxygens (including phenoxy) is 1. The highest BCUT2D eigenvalue weighted by atomic mass is 127. The number of methoxy groups -OCH3 is 1. The Morgan fingerprint density at radius 2 is 1.92 bits per heavy atom. The van der Waals surface area contributed by atoms with Crippen molar-refractivity contribution in [2.75, 3.05) is 30.4 Å². The number of hydrogen-bond acceptors (Lipinski definition) is 4. The van der Waals surface area contributed by atoms with E-state index in [1.165, 1.54) is 12.8 Å². The van der Waals surface area contributed by atoms with Gasteiger partial charge in [0.25, 0.3) is 0 Å². The number of pyridine rings is 1. The van der Waals surface area contributed by atoms with E-state index in [2.05, 4.69) is 32.3 Å². The van der Waals surface area contributed by atoms with Crippen LogP contribution in [0, 0.1) is 6.92 Å². The first kappa shape index (κ1) is 20.3. The second kappa shape index (κ2) is 9.61. The number of nitrogens with two attached hydrogens (primary N) is 1. The molecule has 3 N–H and O–H groups in total. The molecule has 1 aromatic carbocycles. The van der Waals surface area contributed by atoms with Gasteiger partial charge in [-0.3, -0.25) is 0 Å². The first-order valence-corrected chi connectivity index (χ1v) is 8.57. The van der Waals surface area contributed by atoms with Crippen molar-refractivity contribution in [2.45, 2.75) is 26.3 Å². The number of hydrogen-bond donors (Lipinski definition) is 2. The van der Waals surface area contributed by atoms with Crippen molar-refractivity contribution in [1.82, 2.24) is 4.98 Å². The van der Waals surface area contributed by atoms with Gasteiger partial charge in [0.2, 0.25) is 0 Å². The molecule has 0 atom stereocenters. The zero-order chi connectivity index (χ0) is 17.6. The minimum absolute atomic E-state index is 0. The topological polar surface area (TPSA) is 75.8 Å². The maximum Gasteiger partial charge on any atom is 0.193 e. The molecule has 1 fully saturated rings. The molecular weight excluding hydrogens is 441 g/mol. The smallest absolute Gasteiger partial charge is 0.193 e. The Balaban J connectivity index is 0.00000243. The molecule has 0 radical (unpaired) electrons. The molecule has 0 spiro atoms. The Labute approximate surface area is 171 Å². The van der Waals surface area contributed by atoms with Gasteiger partial charge in [-0.05, 0) is 61.7 Å². The van der Waals surface area contributed by atoms with Crippen LogP contribution in [0.3, 0.4) is 0 Å². The van der Waals surface area contributed by atoms with Gasteiger partial charge >= 0.3 is 0 Å². The van der Waals surface area contributed by atoms with Crippen LogP contribution in [0.1, 0.15) is 24.1 Å². The van der Waals surface area contributed by atoms with Crippen molar-refractivity contribution in [3.63, 3.8) is 0 Å². The lowest BCUT2D eigenvalue weighted by Gasteiger charge is -2.17. The zero-order valence-corrected chi connectivity index (χ0v) is 17.6. The van der Waals surface area contributed by atoms with Gasteiger partial charge in [-0.1, -0.05) is 0 Å². The molecule has 1 saturated heterocycles. The lowest BCUT2D eigenvalue weighted by molar-refractivity contribution is 0.415. The zero-order valence-electron chi connectivity index (χ0n) is 15.2. The van der Waals surface area contributed by atoms with Crippen LogP contribution in [0.25, 0.3) is 0 Å². The van der Waals surface area contributed by atoms with Crippen molar-refractivity contribution < 1.29 is 4.74 Å². The second-order valence-corrected chi connectivity index (χ2v) is 6.22. The van der Waals surface area contributed by atoms with Crippen molar-refractivity contribution in [3.8, 4) is 5.75 Å². The fraction of sp³-hybridized carbons (Fsp3) is 0.368. The van der Waals surface area contributed by atoms with Gasteiger partial charge in [-0.25, -0.2) is 9.98 Å². The number of nitrogens with zero attached hydrogens (tertiary/aromatic N) is 3. The molecule has 7 heteroatoms. The third-order valence-electron chi connectivity index (χ3n) is 4.22. The number of aryl methyl sites for hydroxylation is 1. The predicted octanol–water partition coefficient (Wildman–Crippen LogP) is 3.54. The van der Waals surface area contributed by atoms with Gasteiger partial charge in [0.1, 0.15) is 11.6 Å². The van der Waals surface area contributed by atoms with E-state index in [9.17, 15) is 0 Å². The van der Waals surface area contributed by atoms with Gasteiger partial charge < -0.3 is 20.7 Å². The number of guanidine groups is 1. The highest BCUT2D eigenvalue weighted by Gasteiger charge is 2.14. The quantitative estimate of drug-likeness (QED) is 0.400. The number of nitrogens with one attached hydrogen (secondary N) is 1. The van der Waals surface area contributed by atoms with E-state index < -0.39 is 0 Å². The Bertz CT molecular complexity index is 742. The number of anilines is 2. The molecule has 2 heterocycles. The maximum absolute atomic E-state index is 6.00. The Kier molecular flexibility index (Phi) is 7.50. The third-order valence-corrected chi connectivity index (χ3v) is 4.22. The summed E-state index contributed by atoms with van der Waals surface area (Å²) in [5.74, 6) is 2.24. The number of halogens is 1. The van der Waals surface area contributed by atoms with Crippen LogP contribution in [0.5, 0.6) is 5.75 Å². The average molecular weight is 467 g/mol. The van der Waals surface area contributed by atoms with Gasteiger partial charge in [-0.2, -0.15) is 0 Å². The first-order chi connectivity index (χ1) is 12.1.